The Kier molecular flexibility index (Phi) is 59.3. The van der Waals surface area contributed by atoms with Crippen LogP contribution in [-0.2, 0) is 62.3 Å². The number of rotatable bonds is 75. The van der Waals surface area contributed by atoms with Gasteiger partial charge in [-0.3, -0.25) is 111 Å². The molecule has 0 saturated heterocycles. The van der Waals surface area contributed by atoms with Crippen molar-refractivity contribution in [2.45, 2.75) is 248 Å². The predicted octanol–water partition coefficient (Wildman–Crippen LogP) is -5.47. The molecular formula is C77H148N36O13. The van der Waals surface area contributed by atoms with Crippen molar-refractivity contribution in [3.05, 3.63) is 0 Å². The zero-order valence-corrected chi connectivity index (χ0v) is 73.4. The van der Waals surface area contributed by atoms with E-state index in [0.717, 1.165) is 0 Å². The van der Waals surface area contributed by atoms with E-state index in [-0.39, 0.29) is 311 Å². The number of Topliss-reactive ketones (excluding diaryl/α,β-unsaturated/α-hetero) is 2. The third kappa shape index (κ3) is 62.4. The highest BCUT2D eigenvalue weighted by Crippen LogP contribution is 2.41. The van der Waals surface area contributed by atoms with Crippen molar-refractivity contribution in [3.63, 3.8) is 0 Å². The van der Waals surface area contributed by atoms with Crippen LogP contribution in [0.2, 0.25) is 0 Å². The molecule has 0 aromatic heterocycles. The van der Waals surface area contributed by atoms with Crippen molar-refractivity contribution < 1.29 is 62.3 Å². The number of nitrogens with two attached hydrogens (primary N) is 9. The number of amides is 11. The maximum absolute atomic E-state index is 15.7. The highest BCUT2D eigenvalue weighted by atomic mass is 16.2. The molecule has 0 spiro atoms. The number of hydrogen-bond acceptors (Lipinski definition) is 22. The van der Waals surface area contributed by atoms with E-state index < -0.39 is 131 Å². The smallest absolute Gasteiger partial charge is 0.220 e. The zero-order chi connectivity index (χ0) is 94.8. The average Bonchev–Trinajstić information content (AvgIpc) is 0.828. The quantitative estimate of drug-likeness (QED) is 0.0153. The van der Waals surface area contributed by atoms with Crippen molar-refractivity contribution in [1.29, 1.82) is 48.7 Å². The van der Waals surface area contributed by atoms with Gasteiger partial charge in [0.1, 0.15) is 11.6 Å². The molecule has 0 rings (SSSR count). The Morgan fingerprint density at radius 2 is 0.405 bits per heavy atom. The third-order valence-corrected chi connectivity index (χ3v) is 20.4. The van der Waals surface area contributed by atoms with Gasteiger partial charge in [0.05, 0.1) is 11.7 Å². The zero-order valence-electron chi connectivity index (χ0n) is 73.4. The molecule has 49 nitrogen and oxygen atoms in total. The van der Waals surface area contributed by atoms with Crippen molar-refractivity contribution in [1.82, 2.24) is 95.7 Å². The van der Waals surface area contributed by atoms with Gasteiger partial charge in [0.15, 0.2) is 41.7 Å². The molecule has 126 heavy (non-hydrogen) atoms. The minimum Gasteiger partial charge on any atom is -0.388 e. The van der Waals surface area contributed by atoms with Crippen molar-refractivity contribution in [2.24, 2.45) is 57.0 Å². The monoisotopic (exact) mass is 1790 g/mol. The fourth-order valence-electron chi connectivity index (χ4n) is 13.6. The summed E-state index contributed by atoms with van der Waals surface area (Å²) in [5, 5.41) is 118. The summed E-state index contributed by atoms with van der Waals surface area (Å²) in [6.07, 6.45) is -4.40. The summed E-state index contributed by atoms with van der Waals surface area (Å²) in [7, 11) is 0. The van der Waals surface area contributed by atoms with Gasteiger partial charge >= 0.3 is 0 Å². The van der Waals surface area contributed by atoms with E-state index >= 15 is 14.4 Å². The molecule has 0 fully saturated rings. The molecule has 0 atom stereocenters. The molecule has 11 amide bonds. The van der Waals surface area contributed by atoms with E-state index in [2.05, 4.69) is 95.7 Å². The summed E-state index contributed by atoms with van der Waals surface area (Å²) >= 11 is 0. The molecule has 0 aromatic rings. The van der Waals surface area contributed by atoms with Gasteiger partial charge in [-0.15, -0.1) is 0 Å². The number of nitrogens with one attached hydrogen (secondary N) is 27. The van der Waals surface area contributed by atoms with E-state index in [4.69, 9.17) is 100 Å². The fraction of sp³-hybridized carbons (Fsp3) is 0.714. The van der Waals surface area contributed by atoms with Gasteiger partial charge in [-0.05, 0) is 108 Å². The van der Waals surface area contributed by atoms with E-state index in [1.54, 1.807) is 0 Å². The van der Waals surface area contributed by atoms with Crippen molar-refractivity contribution >= 4 is 130 Å². The van der Waals surface area contributed by atoms with Crippen LogP contribution in [-0.4, -0.2) is 245 Å². The lowest BCUT2D eigenvalue weighted by Crippen LogP contribution is -2.54. The molecule has 0 saturated carbocycles. The molecule has 0 heterocycles. The molecule has 0 unspecified atom stereocenters. The first-order valence-corrected chi connectivity index (χ1v) is 42.9. The standard InChI is InChI=1S/C77H148N36O13/c1-2-3-4-11-64(124)111-75(27-13-53(115)51-74(24-12-52(114)8-5-38-104-67(82)83,25-14-56(116)96-36-6-9-54(78)79)26-15-57(117)97-37-7-10-55(80)81,34-22-65(125)112-76(28-16-58(118)98-39-45-105-68(84)85,29-17-59(119)99-40-46-106-69(86)87)30-18-60(120)100-41-47-107-70(88)89)35-23-66(126)113-77(31-19-61(121)101-42-48-108-71(90)91,32-20-62(122)102-43-49-109-72(92)93)33-21-63(123)103-44-50-110-73(94)95/h2-51H2,1H3,(H3,78,79)(H3,80,81)(H,96,116)(H,97,117)(H,98,118)(H,99,119)(H,100,120)(H,101,121)(H,102,122)(H,103,123)(H,111,124)(H,112,125)(H,113,126)(H4,82,83,104)(H4,84,85,105)(H4,86,87,106)(H4,88,89,107)(H4,90,91,108)(H4,92,93,109)(H4,94,95,110). The summed E-state index contributed by atoms with van der Waals surface area (Å²) in [6.45, 7) is 2.56. The molecule has 0 radical (unpaired) electrons. The number of ketones is 2. The Morgan fingerprint density at radius 3 is 0.667 bits per heavy atom. The maximum atomic E-state index is 15.7. The summed E-state index contributed by atoms with van der Waals surface area (Å²) < 4.78 is 0. The SMILES string of the molecule is CCCCCC(=O)NC(CCC(=O)CC(CCC(=O)CCCNC(=N)N)(CCC(=O)NCCCC(=N)N)CCC(=O)NCCCC(=N)N)(CCC(=O)NC(CCC(=O)NCCNC(=N)N)(CCC(=O)NCCNC(=N)N)CCC(=O)NCCNC(=N)N)CCC(=O)NC(CCC(=O)NCCNC(=N)N)(CCC(=O)NCCNC(=N)N)CCC(=O)NCCNC(=N)N. The minimum absolute atomic E-state index is 0.00797. The lowest BCUT2D eigenvalue weighted by molar-refractivity contribution is -0.129. The largest absolute Gasteiger partial charge is 0.388 e. The number of amidine groups is 2. The van der Waals surface area contributed by atoms with Crippen LogP contribution in [0.1, 0.15) is 232 Å². The Labute approximate surface area is 737 Å². The van der Waals surface area contributed by atoms with Crippen LogP contribution in [0, 0.1) is 54.1 Å². The molecule has 714 valence electrons. The fourth-order valence-corrected chi connectivity index (χ4v) is 13.6. The first-order valence-electron chi connectivity index (χ1n) is 42.9. The lowest BCUT2D eigenvalue weighted by Gasteiger charge is -2.39. The van der Waals surface area contributed by atoms with E-state index in [9.17, 15) is 47.9 Å². The second-order valence-electron chi connectivity index (χ2n) is 31.2. The van der Waals surface area contributed by atoms with Crippen LogP contribution in [0.4, 0.5) is 0 Å². The second-order valence-corrected chi connectivity index (χ2v) is 31.2. The molecule has 49 heteroatoms. The van der Waals surface area contributed by atoms with Crippen LogP contribution in [0.15, 0.2) is 0 Å². The molecule has 0 aliphatic rings. The first kappa shape index (κ1) is 113. The molecule has 0 aliphatic carbocycles. The molecule has 0 aromatic carbocycles. The summed E-state index contributed by atoms with van der Waals surface area (Å²) in [4.78, 5) is 186. The third-order valence-electron chi connectivity index (χ3n) is 20.4. The second kappa shape index (κ2) is 65.9. The van der Waals surface area contributed by atoms with Crippen molar-refractivity contribution in [2.75, 3.05) is 98.2 Å². The van der Waals surface area contributed by atoms with Gasteiger partial charge in [0, 0.05) is 224 Å². The topological polar surface area (TPSA) is 887 Å². The molecule has 0 aliphatic heterocycles. The molecule has 45 N–H and O–H groups in total. The Bertz CT molecular complexity index is 2950. The number of hydrogen-bond donors (Lipinski definition) is 36. The van der Waals surface area contributed by atoms with Crippen LogP contribution < -0.4 is 147 Å². The van der Waals surface area contributed by atoms with E-state index in [1.165, 1.54) is 0 Å². The maximum Gasteiger partial charge on any atom is 0.220 e. The highest BCUT2D eigenvalue weighted by Gasteiger charge is 2.41. The van der Waals surface area contributed by atoms with Crippen LogP contribution in [0.25, 0.3) is 0 Å². The van der Waals surface area contributed by atoms with E-state index in [1.807, 2.05) is 6.92 Å². The number of carbonyl (C=O) groups excluding carboxylic acids is 13. The normalized spacial score (nSPS) is 12.6. The van der Waals surface area contributed by atoms with Gasteiger partial charge in [0.25, 0.3) is 0 Å². The number of carbonyl (C=O) groups is 13. The van der Waals surface area contributed by atoms with Crippen LogP contribution in [0.5, 0.6) is 0 Å². The Morgan fingerprint density at radius 1 is 0.206 bits per heavy atom. The average molecular weight is 1790 g/mol. The van der Waals surface area contributed by atoms with Gasteiger partial charge < -0.3 is 147 Å². The van der Waals surface area contributed by atoms with Gasteiger partial charge in [-0.25, -0.2) is 0 Å². The van der Waals surface area contributed by atoms with Gasteiger partial charge in [0.2, 0.25) is 65.0 Å². The Hall–Kier alpha value is -12.7. The molecule has 0 bridgehead atoms. The Balaban J connectivity index is 9.29. The summed E-state index contributed by atoms with van der Waals surface area (Å²) in [5.41, 5.74) is 43.3. The van der Waals surface area contributed by atoms with E-state index in [0.29, 0.717) is 32.1 Å². The lowest BCUT2D eigenvalue weighted by atomic mass is 9.70. The predicted molar refractivity (Wildman–Crippen MR) is 480 cm³/mol. The summed E-state index contributed by atoms with van der Waals surface area (Å²) in [5.74, 6) is -9.86. The number of unbranched alkanes of at least 4 members (excludes halogenated alkanes) is 2. The number of guanidine groups is 7. The molecular weight excluding hydrogens is 1640 g/mol. The highest BCUT2D eigenvalue weighted by molar-refractivity contribution is 5.86. The van der Waals surface area contributed by atoms with Gasteiger partial charge in [-0.2, -0.15) is 0 Å². The van der Waals surface area contributed by atoms with Gasteiger partial charge in [-0.1, -0.05) is 19.8 Å². The first-order chi connectivity index (χ1) is 59.6. The minimum atomic E-state index is -1.78. The summed E-state index contributed by atoms with van der Waals surface area (Å²) in [6, 6.07) is 0. The van der Waals surface area contributed by atoms with Crippen molar-refractivity contribution in [3.8, 4) is 0 Å². The van der Waals surface area contributed by atoms with Crippen LogP contribution in [0.3, 0.4) is 0 Å². The van der Waals surface area contributed by atoms with Crippen LogP contribution >= 0.6 is 0 Å².